The Morgan fingerprint density at radius 2 is 2.29 bits per heavy atom. The van der Waals surface area contributed by atoms with Gasteiger partial charge in [-0.15, -0.1) is 0 Å². The predicted molar refractivity (Wildman–Crippen MR) is 81.0 cm³/mol. The minimum atomic E-state index is 0.352. The van der Waals surface area contributed by atoms with Crippen LogP contribution in [0.2, 0.25) is 0 Å². The molecule has 0 bridgehead atoms. The minimum absolute atomic E-state index is 0.352. The average molecular weight is 281 g/mol. The second kappa shape index (κ2) is 5.57. The summed E-state index contributed by atoms with van der Waals surface area (Å²) in [7, 11) is 0. The number of hydrogen-bond donors (Lipinski definition) is 0. The van der Waals surface area contributed by atoms with Gasteiger partial charge in [0.2, 0.25) is 0 Å². The van der Waals surface area contributed by atoms with Gasteiger partial charge in [-0.3, -0.25) is 4.68 Å². The lowest BCUT2D eigenvalue weighted by molar-refractivity contribution is 0.496. The lowest BCUT2D eigenvalue weighted by atomic mass is 10.2. The molecule has 0 aromatic carbocycles. The second-order valence-electron chi connectivity index (χ2n) is 5.59. The van der Waals surface area contributed by atoms with Gasteiger partial charge < -0.3 is 4.90 Å². The number of aromatic nitrogens is 3. The molecule has 0 aliphatic carbocycles. The first-order chi connectivity index (χ1) is 10.2. The molecule has 1 aliphatic heterocycles. The number of aryl methyl sites for hydroxylation is 2. The fourth-order valence-electron chi connectivity index (χ4n) is 3.08. The molecule has 0 radical (unpaired) electrons. The van der Waals surface area contributed by atoms with Gasteiger partial charge in [-0.1, -0.05) is 0 Å². The van der Waals surface area contributed by atoms with Crippen molar-refractivity contribution in [1.82, 2.24) is 14.8 Å². The van der Waals surface area contributed by atoms with Crippen LogP contribution in [0.1, 0.15) is 29.8 Å². The van der Waals surface area contributed by atoms with E-state index in [2.05, 4.69) is 38.7 Å². The van der Waals surface area contributed by atoms with Gasteiger partial charge in [0.1, 0.15) is 11.9 Å². The Hall–Kier alpha value is -2.35. The van der Waals surface area contributed by atoms with Gasteiger partial charge in [-0.05, 0) is 44.9 Å². The van der Waals surface area contributed by atoms with Gasteiger partial charge >= 0.3 is 0 Å². The Morgan fingerprint density at radius 1 is 1.43 bits per heavy atom. The molecule has 5 heteroatoms. The summed E-state index contributed by atoms with van der Waals surface area (Å²) >= 11 is 0. The van der Waals surface area contributed by atoms with Crippen LogP contribution in [0.3, 0.4) is 0 Å². The molecule has 0 spiro atoms. The van der Waals surface area contributed by atoms with E-state index in [0.717, 1.165) is 37.4 Å². The van der Waals surface area contributed by atoms with E-state index in [1.165, 1.54) is 5.69 Å². The third-order valence-corrected chi connectivity index (χ3v) is 4.04. The maximum atomic E-state index is 9.27. The molecule has 3 heterocycles. The highest BCUT2D eigenvalue weighted by molar-refractivity contribution is 5.54. The molecule has 0 amide bonds. The van der Waals surface area contributed by atoms with Crippen molar-refractivity contribution in [1.29, 1.82) is 5.26 Å². The molecular weight excluding hydrogens is 262 g/mol. The third kappa shape index (κ3) is 2.62. The van der Waals surface area contributed by atoms with E-state index in [4.69, 9.17) is 0 Å². The van der Waals surface area contributed by atoms with E-state index in [1.54, 1.807) is 6.20 Å². The first kappa shape index (κ1) is 13.6. The van der Waals surface area contributed by atoms with Crippen LogP contribution < -0.4 is 4.90 Å². The van der Waals surface area contributed by atoms with Crippen LogP contribution in [0.15, 0.2) is 24.4 Å². The van der Waals surface area contributed by atoms with E-state index in [1.807, 2.05) is 19.1 Å². The van der Waals surface area contributed by atoms with Crippen molar-refractivity contribution in [2.45, 2.75) is 39.3 Å². The molecule has 1 aliphatic rings. The monoisotopic (exact) mass is 281 g/mol. The molecule has 1 fully saturated rings. The molecule has 0 unspecified atom stereocenters. The number of pyridine rings is 1. The van der Waals surface area contributed by atoms with Crippen molar-refractivity contribution in [3.8, 4) is 6.07 Å². The molecule has 2 aromatic rings. The normalized spacial score (nSPS) is 18.0. The summed E-state index contributed by atoms with van der Waals surface area (Å²) in [5.41, 5.74) is 2.88. The Bertz CT molecular complexity index is 682. The van der Waals surface area contributed by atoms with Gasteiger partial charge in [0, 0.05) is 18.4 Å². The minimum Gasteiger partial charge on any atom is -0.351 e. The van der Waals surface area contributed by atoms with Crippen molar-refractivity contribution in [2.24, 2.45) is 0 Å². The SMILES string of the molecule is Cc1cc(C)n(C[C@H]2CCCN2c2ncccc2C#N)n1. The summed E-state index contributed by atoms with van der Waals surface area (Å²) in [5, 5.41) is 13.8. The van der Waals surface area contributed by atoms with E-state index in [9.17, 15) is 5.26 Å². The number of nitrogens with zero attached hydrogens (tertiary/aromatic N) is 5. The fraction of sp³-hybridized carbons (Fsp3) is 0.438. The molecule has 2 aromatic heterocycles. The molecule has 3 rings (SSSR count). The standard InChI is InChI=1S/C16H19N5/c1-12-9-13(2)21(19-12)11-15-6-4-8-20(15)16-14(10-17)5-3-7-18-16/h3,5,7,9,15H,4,6,8,11H2,1-2H3/t15-/m1/s1. The average Bonchev–Trinajstić information content (AvgIpc) is 3.06. The zero-order valence-electron chi connectivity index (χ0n) is 12.5. The topological polar surface area (TPSA) is 57.7 Å². The highest BCUT2D eigenvalue weighted by atomic mass is 15.3. The van der Waals surface area contributed by atoms with Crippen LogP contribution in [-0.4, -0.2) is 27.4 Å². The van der Waals surface area contributed by atoms with E-state index in [-0.39, 0.29) is 0 Å². The van der Waals surface area contributed by atoms with E-state index >= 15 is 0 Å². The highest BCUT2D eigenvalue weighted by Gasteiger charge is 2.28. The molecule has 1 saturated heterocycles. The van der Waals surface area contributed by atoms with Crippen LogP contribution in [0.4, 0.5) is 5.82 Å². The molecule has 108 valence electrons. The summed E-state index contributed by atoms with van der Waals surface area (Å²) in [6, 6.07) is 8.34. The molecule has 1 atom stereocenters. The maximum absolute atomic E-state index is 9.27. The molecule has 5 nitrogen and oxygen atoms in total. The van der Waals surface area contributed by atoms with Gasteiger partial charge in [0.15, 0.2) is 0 Å². The third-order valence-electron chi connectivity index (χ3n) is 4.04. The van der Waals surface area contributed by atoms with Crippen molar-refractivity contribution >= 4 is 5.82 Å². The molecule has 0 N–H and O–H groups in total. The van der Waals surface area contributed by atoms with Gasteiger partial charge in [0.05, 0.1) is 23.8 Å². The number of anilines is 1. The smallest absolute Gasteiger partial charge is 0.146 e. The summed E-state index contributed by atoms with van der Waals surface area (Å²) in [6.07, 6.45) is 4.00. The van der Waals surface area contributed by atoms with Crippen molar-refractivity contribution in [2.75, 3.05) is 11.4 Å². The number of rotatable bonds is 3. The maximum Gasteiger partial charge on any atom is 0.146 e. The van der Waals surface area contributed by atoms with Crippen molar-refractivity contribution in [3.63, 3.8) is 0 Å². The molecule has 21 heavy (non-hydrogen) atoms. The summed E-state index contributed by atoms with van der Waals surface area (Å²) in [6.45, 7) is 5.90. The van der Waals surface area contributed by atoms with Crippen LogP contribution in [0.25, 0.3) is 0 Å². The van der Waals surface area contributed by atoms with E-state index in [0.29, 0.717) is 11.6 Å². The summed E-state index contributed by atoms with van der Waals surface area (Å²) < 4.78 is 2.06. The zero-order valence-corrected chi connectivity index (χ0v) is 12.5. The van der Waals surface area contributed by atoms with Crippen LogP contribution in [-0.2, 0) is 6.54 Å². The van der Waals surface area contributed by atoms with Crippen LogP contribution >= 0.6 is 0 Å². The van der Waals surface area contributed by atoms with Gasteiger partial charge in [0.25, 0.3) is 0 Å². The Morgan fingerprint density at radius 3 is 3.00 bits per heavy atom. The first-order valence-corrected chi connectivity index (χ1v) is 7.32. The summed E-state index contributed by atoms with van der Waals surface area (Å²) in [5.74, 6) is 0.809. The second-order valence-corrected chi connectivity index (χ2v) is 5.59. The van der Waals surface area contributed by atoms with Gasteiger partial charge in [-0.2, -0.15) is 10.4 Å². The first-order valence-electron chi connectivity index (χ1n) is 7.32. The largest absolute Gasteiger partial charge is 0.351 e. The highest BCUT2D eigenvalue weighted by Crippen LogP contribution is 2.27. The van der Waals surface area contributed by atoms with E-state index < -0.39 is 0 Å². The lowest BCUT2D eigenvalue weighted by Crippen LogP contribution is -2.34. The number of nitriles is 1. The van der Waals surface area contributed by atoms with Crippen molar-refractivity contribution in [3.05, 3.63) is 41.3 Å². The predicted octanol–water partition coefficient (Wildman–Crippen LogP) is 2.44. The Labute approximate surface area is 124 Å². The molecular formula is C16H19N5. The van der Waals surface area contributed by atoms with Crippen molar-refractivity contribution < 1.29 is 0 Å². The Kier molecular flexibility index (Phi) is 3.61. The quantitative estimate of drug-likeness (QED) is 0.867. The van der Waals surface area contributed by atoms with Crippen LogP contribution in [0, 0.1) is 25.2 Å². The number of hydrogen-bond acceptors (Lipinski definition) is 4. The summed E-state index contributed by atoms with van der Waals surface area (Å²) in [4.78, 5) is 6.68. The fourth-order valence-corrected chi connectivity index (χ4v) is 3.08. The zero-order chi connectivity index (χ0) is 14.8. The lowest BCUT2D eigenvalue weighted by Gasteiger charge is -2.26. The van der Waals surface area contributed by atoms with Gasteiger partial charge in [-0.25, -0.2) is 4.98 Å². The van der Waals surface area contributed by atoms with Crippen LogP contribution in [0.5, 0.6) is 0 Å². The Balaban J connectivity index is 1.86. The molecule has 0 saturated carbocycles.